The molecule has 0 aromatic heterocycles. The summed E-state index contributed by atoms with van der Waals surface area (Å²) in [5.41, 5.74) is 5.37. The first-order valence-electron chi connectivity index (χ1n) is 27.4. The van der Waals surface area contributed by atoms with Crippen LogP contribution in [0.1, 0.15) is 219 Å². The molecule has 0 saturated carbocycles. The Kier molecular flexibility index (Phi) is 51.4. The number of ether oxygens (including phenoxy) is 2. The van der Waals surface area contributed by atoms with E-state index in [2.05, 4.69) is 123 Å². The molecule has 394 valence electrons. The van der Waals surface area contributed by atoms with Crippen LogP contribution >= 0.6 is 7.82 Å². The van der Waals surface area contributed by atoms with Crippen LogP contribution in [0, 0.1) is 0 Å². The topological polar surface area (TPSA) is 134 Å². The molecule has 0 bridgehead atoms. The molecule has 3 N–H and O–H groups in total. The molecule has 0 aromatic carbocycles. The lowest BCUT2D eigenvalue weighted by Gasteiger charge is -2.19. The van der Waals surface area contributed by atoms with E-state index >= 15 is 0 Å². The third-order valence-corrected chi connectivity index (χ3v) is 12.1. The quantitative estimate of drug-likeness (QED) is 0.0264. The second-order valence-electron chi connectivity index (χ2n) is 17.7. The summed E-state index contributed by atoms with van der Waals surface area (Å²) in [6, 6.07) is 0. The Morgan fingerprint density at radius 3 is 1.19 bits per heavy atom. The molecule has 0 aliphatic rings. The summed E-state index contributed by atoms with van der Waals surface area (Å²) >= 11 is 0. The Morgan fingerprint density at radius 2 is 0.797 bits per heavy atom. The molecule has 2 unspecified atom stereocenters. The van der Waals surface area contributed by atoms with Gasteiger partial charge in [0.2, 0.25) is 0 Å². The maximum absolute atomic E-state index is 12.7. The van der Waals surface area contributed by atoms with Crippen LogP contribution in [-0.2, 0) is 32.7 Å². The van der Waals surface area contributed by atoms with Gasteiger partial charge >= 0.3 is 19.8 Å². The fraction of sp³-hybridized carbons (Fsp3) is 0.661. The van der Waals surface area contributed by atoms with Crippen molar-refractivity contribution in [1.82, 2.24) is 0 Å². The molecule has 2 atom stereocenters. The summed E-state index contributed by atoms with van der Waals surface area (Å²) in [6.07, 6.45) is 72.7. The number of phosphoric acid groups is 1. The number of nitrogens with two attached hydrogens (primary N) is 1. The van der Waals surface area contributed by atoms with Crippen molar-refractivity contribution >= 4 is 19.8 Å². The number of carbonyl (C=O) groups is 2. The predicted octanol–water partition coefficient (Wildman–Crippen LogP) is 17.1. The van der Waals surface area contributed by atoms with Gasteiger partial charge in [0.15, 0.2) is 6.10 Å². The smallest absolute Gasteiger partial charge is 0.462 e. The van der Waals surface area contributed by atoms with Crippen LogP contribution in [0.15, 0.2) is 109 Å². The van der Waals surface area contributed by atoms with Crippen molar-refractivity contribution in [2.45, 2.75) is 225 Å². The second kappa shape index (κ2) is 54.0. The first-order chi connectivity index (χ1) is 33.8. The molecule has 0 rings (SSSR count). The molecule has 0 radical (unpaired) electrons. The average molecular weight is 982 g/mol. The van der Waals surface area contributed by atoms with Crippen LogP contribution in [0.3, 0.4) is 0 Å². The lowest BCUT2D eigenvalue weighted by atomic mass is 10.0. The predicted molar refractivity (Wildman–Crippen MR) is 293 cm³/mol. The highest BCUT2D eigenvalue weighted by molar-refractivity contribution is 7.47. The number of phosphoric ester groups is 1. The minimum atomic E-state index is -4.40. The van der Waals surface area contributed by atoms with E-state index in [-0.39, 0.29) is 32.6 Å². The van der Waals surface area contributed by atoms with Crippen molar-refractivity contribution in [1.29, 1.82) is 0 Å². The minimum absolute atomic E-state index is 0.0452. The third kappa shape index (κ3) is 53.9. The zero-order chi connectivity index (χ0) is 50.2. The first kappa shape index (κ1) is 65.7. The summed E-state index contributed by atoms with van der Waals surface area (Å²) in [4.78, 5) is 35.1. The van der Waals surface area contributed by atoms with Crippen LogP contribution in [0.2, 0.25) is 0 Å². The molecule has 9 nitrogen and oxygen atoms in total. The first-order valence-corrected chi connectivity index (χ1v) is 28.9. The van der Waals surface area contributed by atoms with Crippen molar-refractivity contribution in [3.05, 3.63) is 109 Å². The number of hydrogen-bond acceptors (Lipinski definition) is 8. The van der Waals surface area contributed by atoms with E-state index in [1.54, 1.807) is 0 Å². The van der Waals surface area contributed by atoms with Crippen LogP contribution in [0.25, 0.3) is 0 Å². The second-order valence-corrected chi connectivity index (χ2v) is 19.2. The number of rotatable bonds is 50. The van der Waals surface area contributed by atoms with Crippen molar-refractivity contribution in [3.8, 4) is 0 Å². The summed E-state index contributed by atoms with van der Waals surface area (Å²) in [5, 5.41) is 0. The lowest BCUT2D eigenvalue weighted by Crippen LogP contribution is -2.29. The van der Waals surface area contributed by atoms with Gasteiger partial charge in [-0.1, -0.05) is 213 Å². The maximum atomic E-state index is 12.7. The Bertz CT molecular complexity index is 1490. The van der Waals surface area contributed by atoms with E-state index in [9.17, 15) is 19.0 Å². The van der Waals surface area contributed by atoms with Gasteiger partial charge in [-0.25, -0.2) is 4.57 Å². The van der Waals surface area contributed by atoms with Gasteiger partial charge in [0.05, 0.1) is 13.2 Å². The van der Waals surface area contributed by atoms with E-state index in [1.807, 2.05) is 0 Å². The zero-order valence-electron chi connectivity index (χ0n) is 43.8. The molecule has 0 aliphatic carbocycles. The molecule has 0 saturated heterocycles. The van der Waals surface area contributed by atoms with Crippen LogP contribution in [0.4, 0.5) is 0 Å². The number of esters is 2. The average Bonchev–Trinajstić information content (AvgIpc) is 3.34. The highest BCUT2D eigenvalue weighted by Crippen LogP contribution is 2.43. The van der Waals surface area contributed by atoms with Gasteiger partial charge in [-0.05, 0) is 103 Å². The Hall–Kier alpha value is -3.33. The SMILES string of the molecule is CC/C=C\C/C=C\C/C=C\C/C=C\C/C=C\C/C=C\CCCCCCCCCCCCC(=O)OC(COC(=O)CCCCCCCC/C=C\C/C=C\C/C=C\CCCCC)COP(=O)(O)OCCN. The van der Waals surface area contributed by atoms with Crippen molar-refractivity contribution in [3.63, 3.8) is 0 Å². The maximum Gasteiger partial charge on any atom is 0.472 e. The molecule has 0 fully saturated rings. The monoisotopic (exact) mass is 982 g/mol. The normalized spacial score (nSPS) is 14.0. The number of hydrogen-bond donors (Lipinski definition) is 2. The van der Waals surface area contributed by atoms with Crippen molar-refractivity contribution in [2.24, 2.45) is 5.73 Å². The van der Waals surface area contributed by atoms with Gasteiger partial charge in [-0.3, -0.25) is 18.6 Å². The van der Waals surface area contributed by atoms with Gasteiger partial charge in [0.25, 0.3) is 0 Å². The summed E-state index contributed by atoms with van der Waals surface area (Å²) in [7, 11) is -4.40. The van der Waals surface area contributed by atoms with Crippen LogP contribution in [0.5, 0.6) is 0 Å². The third-order valence-electron chi connectivity index (χ3n) is 11.1. The van der Waals surface area contributed by atoms with E-state index in [4.69, 9.17) is 24.3 Å². The van der Waals surface area contributed by atoms with E-state index < -0.39 is 32.5 Å². The standard InChI is InChI=1S/C59H100NO8P/c1-3-5-7-9-11-13-15-17-19-21-23-24-25-26-27-28-29-30-31-32-34-36-38-40-42-44-46-48-50-52-59(62)68-57(56-67-69(63,64)66-54-53-60)55-65-58(61)51-49-47-45-43-41-39-37-35-33-22-20-18-16-14-12-10-8-6-4-2/h5,7,11-14,17-20,23-24,26-27,29-30,33,35,57H,3-4,6,8-10,15-16,21-22,25,28,31-32,34,36-56,60H2,1-2H3,(H,63,64)/b7-5-,13-11-,14-12-,19-17-,20-18-,24-23-,27-26-,30-29-,35-33-. The van der Waals surface area contributed by atoms with Crippen LogP contribution in [-0.4, -0.2) is 49.3 Å². The lowest BCUT2D eigenvalue weighted by molar-refractivity contribution is -0.161. The van der Waals surface area contributed by atoms with Gasteiger partial charge in [0, 0.05) is 19.4 Å². The van der Waals surface area contributed by atoms with Crippen molar-refractivity contribution < 1.29 is 37.6 Å². The molecule has 0 spiro atoms. The molecule has 0 aliphatic heterocycles. The Balaban J connectivity index is 4.06. The molecule has 69 heavy (non-hydrogen) atoms. The van der Waals surface area contributed by atoms with Crippen LogP contribution < -0.4 is 5.73 Å². The van der Waals surface area contributed by atoms with E-state index in [0.29, 0.717) is 12.8 Å². The van der Waals surface area contributed by atoms with Gasteiger partial charge in [-0.2, -0.15) is 0 Å². The molecular weight excluding hydrogens is 882 g/mol. The Morgan fingerprint density at radius 1 is 0.449 bits per heavy atom. The largest absolute Gasteiger partial charge is 0.472 e. The number of allylic oxidation sites excluding steroid dienone is 18. The number of unbranched alkanes of at least 4 members (excludes halogenated alkanes) is 19. The molecule has 0 aromatic rings. The Labute approximate surface area is 422 Å². The number of carbonyl (C=O) groups excluding carboxylic acids is 2. The summed E-state index contributed by atoms with van der Waals surface area (Å²) in [6.45, 7) is 3.57. The van der Waals surface area contributed by atoms with Gasteiger partial charge in [-0.15, -0.1) is 0 Å². The van der Waals surface area contributed by atoms with Gasteiger partial charge in [0.1, 0.15) is 6.61 Å². The fourth-order valence-corrected chi connectivity index (χ4v) is 7.88. The fourth-order valence-electron chi connectivity index (χ4n) is 7.12. The summed E-state index contributed by atoms with van der Waals surface area (Å²) in [5.74, 6) is -0.853. The minimum Gasteiger partial charge on any atom is -0.462 e. The highest BCUT2D eigenvalue weighted by Gasteiger charge is 2.26. The van der Waals surface area contributed by atoms with E-state index in [0.717, 1.165) is 116 Å². The van der Waals surface area contributed by atoms with Gasteiger partial charge < -0.3 is 20.1 Å². The molecule has 0 heterocycles. The molecule has 0 amide bonds. The molecule has 10 heteroatoms. The molecular formula is C59H100NO8P. The highest BCUT2D eigenvalue weighted by atomic mass is 31.2. The zero-order valence-corrected chi connectivity index (χ0v) is 44.6. The summed E-state index contributed by atoms with van der Waals surface area (Å²) < 4.78 is 33.0. The van der Waals surface area contributed by atoms with Crippen molar-refractivity contribution in [2.75, 3.05) is 26.4 Å². The van der Waals surface area contributed by atoms with E-state index in [1.165, 1.54) is 64.2 Å².